The Kier molecular flexibility index (Phi) is 8.64. The van der Waals surface area contributed by atoms with Gasteiger partial charge in [-0.05, 0) is 40.3 Å². The number of benzene rings is 3. The van der Waals surface area contributed by atoms with E-state index in [9.17, 15) is 14.7 Å². The van der Waals surface area contributed by atoms with Crippen molar-refractivity contribution in [2.75, 3.05) is 14.2 Å². The molecule has 6 heteroatoms. The Labute approximate surface area is 194 Å². The van der Waals surface area contributed by atoms with Gasteiger partial charge in [-0.15, -0.1) is 0 Å². The minimum absolute atomic E-state index is 0. The van der Waals surface area contributed by atoms with Gasteiger partial charge in [0, 0.05) is 19.4 Å². The monoisotopic (exact) mass is 409 g/mol. The number of hydrogen-bond donors (Lipinski definition) is 0. The largest absolute Gasteiger partial charge is 1.00 e. The van der Waals surface area contributed by atoms with E-state index in [4.69, 9.17) is 4.84 Å². The van der Waals surface area contributed by atoms with Crippen LogP contribution < -0.4 is 24.0 Å². The molecule has 0 fully saturated rings. The van der Waals surface area contributed by atoms with E-state index in [2.05, 4.69) is 0 Å². The third-order valence-corrected chi connectivity index (χ3v) is 5.33. The summed E-state index contributed by atoms with van der Waals surface area (Å²) in [5.41, 5.74) is 5.27. The number of carbonyl (C=O) groups is 2. The first kappa shape index (κ1) is 24.4. The maximum atomic E-state index is 12.6. The molecule has 0 aliphatic carbocycles. The van der Waals surface area contributed by atoms with Crippen molar-refractivity contribution in [1.82, 2.24) is 5.06 Å². The van der Waals surface area contributed by atoms with Crippen molar-refractivity contribution in [3.05, 3.63) is 95.1 Å². The summed E-state index contributed by atoms with van der Waals surface area (Å²) >= 11 is 0. The number of amides is 1. The van der Waals surface area contributed by atoms with Crippen LogP contribution in [0.3, 0.4) is 0 Å². The van der Waals surface area contributed by atoms with Crippen LogP contribution >= 0.6 is 0 Å². The Bertz CT molecular complexity index is 1030. The predicted octanol–water partition coefficient (Wildman–Crippen LogP) is 0.571. The summed E-state index contributed by atoms with van der Waals surface area (Å²) in [4.78, 5) is 28.6. The molecule has 3 aromatic rings. The molecule has 0 heterocycles. The van der Waals surface area contributed by atoms with Crippen molar-refractivity contribution in [3.63, 3.8) is 0 Å². The van der Waals surface area contributed by atoms with Gasteiger partial charge in [-0.1, -0.05) is 72.8 Å². The molecule has 0 spiro atoms. The average Bonchev–Trinajstić information content (AvgIpc) is 2.77. The van der Waals surface area contributed by atoms with Gasteiger partial charge in [0.1, 0.15) is 0 Å². The van der Waals surface area contributed by atoms with Crippen molar-refractivity contribution in [2.45, 2.75) is 19.3 Å². The van der Waals surface area contributed by atoms with Gasteiger partial charge in [0.15, 0.2) is 0 Å². The molecule has 0 aliphatic rings. The molecule has 1 atom stereocenters. The zero-order valence-corrected chi connectivity index (χ0v) is 18.3. The number of carboxylic acids is 1. The Balaban J connectivity index is 0.00000341. The molecule has 0 aliphatic heterocycles. The Morgan fingerprint density at radius 2 is 1.48 bits per heavy atom. The normalized spacial score (nSPS) is 11.3. The second-order valence-electron chi connectivity index (χ2n) is 7.17. The first-order valence-corrected chi connectivity index (χ1v) is 9.68. The van der Waals surface area contributed by atoms with Crippen LogP contribution in [0.2, 0.25) is 0 Å². The van der Waals surface area contributed by atoms with Gasteiger partial charge in [0.25, 0.3) is 0 Å². The van der Waals surface area contributed by atoms with Gasteiger partial charge in [0.05, 0.1) is 13.1 Å². The average molecular weight is 409 g/mol. The second-order valence-corrected chi connectivity index (χ2v) is 7.17. The number of carbonyl (C=O) groups excluding carboxylic acids is 2. The molecule has 0 saturated carbocycles. The zero-order chi connectivity index (χ0) is 21.7. The molecule has 0 bridgehead atoms. The molecule has 0 aromatic heterocycles. The van der Waals surface area contributed by atoms with Crippen LogP contribution in [0.25, 0.3) is 11.1 Å². The molecule has 31 heavy (non-hydrogen) atoms. The molecule has 154 valence electrons. The fourth-order valence-corrected chi connectivity index (χ4v) is 3.50. The van der Waals surface area contributed by atoms with Gasteiger partial charge in [-0.25, -0.2) is 5.06 Å². The molecule has 3 aromatic carbocycles. The van der Waals surface area contributed by atoms with Gasteiger partial charge < -0.3 is 9.90 Å². The van der Waals surface area contributed by atoms with Crippen LogP contribution in [0, 0.1) is 6.92 Å². The number of aromatic carboxylic acids is 1. The van der Waals surface area contributed by atoms with Crippen molar-refractivity contribution < 1.29 is 38.4 Å². The maximum absolute atomic E-state index is 12.6. The molecule has 0 saturated heterocycles. The fourth-order valence-electron chi connectivity index (χ4n) is 3.50. The number of hydroxylamine groups is 2. The van der Waals surface area contributed by atoms with Gasteiger partial charge in [-0.3, -0.25) is 9.63 Å². The van der Waals surface area contributed by atoms with E-state index in [0.717, 1.165) is 27.8 Å². The molecule has 0 unspecified atom stereocenters. The molecule has 3 rings (SSSR count). The number of nitrogens with zero attached hydrogens (tertiary/aromatic N) is 1. The molecular weight excluding hydrogens is 385 g/mol. The van der Waals surface area contributed by atoms with E-state index >= 15 is 0 Å². The van der Waals surface area contributed by atoms with Crippen LogP contribution in [-0.4, -0.2) is 31.1 Å². The van der Waals surface area contributed by atoms with E-state index < -0.39 is 5.97 Å². The van der Waals surface area contributed by atoms with E-state index in [-0.39, 0.29) is 42.7 Å². The van der Waals surface area contributed by atoms with Crippen molar-refractivity contribution in [3.8, 4) is 11.1 Å². The zero-order valence-electron chi connectivity index (χ0n) is 18.3. The summed E-state index contributed by atoms with van der Waals surface area (Å²) in [7, 11) is 3.08. The van der Waals surface area contributed by atoms with Gasteiger partial charge in [-0.2, -0.15) is 0 Å². The summed E-state index contributed by atoms with van der Waals surface area (Å²) in [5.74, 6) is -1.40. The SMILES string of the molecule is CON(C)C(=O)C[C@H](c1ccc(-c2ccc(C(=O)[O-])cc2)cc1)c1ccccc1C.[Li+]. The van der Waals surface area contributed by atoms with E-state index in [1.54, 1.807) is 19.2 Å². The minimum atomic E-state index is -1.19. The van der Waals surface area contributed by atoms with Crippen molar-refractivity contribution in [1.29, 1.82) is 0 Å². The van der Waals surface area contributed by atoms with Crippen molar-refractivity contribution >= 4 is 11.9 Å². The Morgan fingerprint density at radius 1 is 0.935 bits per heavy atom. The summed E-state index contributed by atoms with van der Waals surface area (Å²) in [6.07, 6.45) is 0.287. The second kappa shape index (κ2) is 11.0. The summed E-state index contributed by atoms with van der Waals surface area (Å²) in [6.45, 7) is 2.04. The predicted molar refractivity (Wildman–Crippen MR) is 114 cm³/mol. The number of carboxylic acid groups (broad SMARTS) is 1. The molecule has 5 nitrogen and oxygen atoms in total. The first-order chi connectivity index (χ1) is 14.4. The summed E-state index contributed by atoms with van der Waals surface area (Å²) < 4.78 is 0. The van der Waals surface area contributed by atoms with Gasteiger partial charge in [0.2, 0.25) is 5.91 Å². The first-order valence-electron chi connectivity index (χ1n) is 9.68. The molecule has 0 radical (unpaired) electrons. The molecule has 1 amide bonds. The van der Waals surface area contributed by atoms with Crippen LogP contribution in [0.5, 0.6) is 0 Å². The molecular formula is C25H24LiNO4. The van der Waals surface area contributed by atoms with Gasteiger partial charge >= 0.3 is 18.9 Å². The number of hydrogen-bond acceptors (Lipinski definition) is 4. The third kappa shape index (κ3) is 5.86. The topological polar surface area (TPSA) is 69.7 Å². The summed E-state index contributed by atoms with van der Waals surface area (Å²) in [5, 5.41) is 12.2. The van der Waals surface area contributed by atoms with E-state index in [1.165, 1.54) is 24.3 Å². The number of aryl methyl sites for hydroxylation is 1. The third-order valence-electron chi connectivity index (χ3n) is 5.33. The van der Waals surface area contributed by atoms with Crippen molar-refractivity contribution in [2.24, 2.45) is 0 Å². The van der Waals surface area contributed by atoms with E-state index in [1.807, 2.05) is 55.5 Å². The Hall–Kier alpha value is -2.84. The minimum Gasteiger partial charge on any atom is -0.545 e. The standard InChI is InChI=1S/C25H25NO4.Li/c1-17-6-4-5-7-22(17)23(16-24(27)26(2)30-3)20-12-8-18(9-13-20)19-10-14-21(15-11-19)25(28)29;/h4-15,23H,16H2,1-3H3,(H,28,29);/q;+1/p-1/t23-;/m1./s1. The van der Waals surface area contributed by atoms with E-state index in [0.29, 0.717) is 0 Å². The summed E-state index contributed by atoms with van der Waals surface area (Å²) in [6, 6.07) is 22.6. The quantitative estimate of drug-likeness (QED) is 0.423. The number of rotatable bonds is 7. The molecule has 0 N–H and O–H groups in total. The Morgan fingerprint density at radius 3 is 2.00 bits per heavy atom. The smallest absolute Gasteiger partial charge is 0.545 e. The van der Waals surface area contributed by atoms with Crippen LogP contribution in [0.4, 0.5) is 0 Å². The fraction of sp³-hybridized carbons (Fsp3) is 0.200. The van der Waals surface area contributed by atoms with Crippen LogP contribution in [0.15, 0.2) is 72.8 Å². The van der Waals surface area contributed by atoms with Crippen LogP contribution in [0.1, 0.15) is 39.4 Å². The maximum Gasteiger partial charge on any atom is 1.00 e. The van der Waals surface area contributed by atoms with Crippen LogP contribution in [-0.2, 0) is 9.63 Å².